The highest BCUT2D eigenvalue weighted by molar-refractivity contribution is 7.90. The van der Waals surface area contributed by atoms with Crippen LogP contribution < -0.4 is 5.73 Å². The van der Waals surface area contributed by atoms with Crippen molar-refractivity contribution in [1.82, 2.24) is 10.1 Å². The Morgan fingerprint density at radius 2 is 2.06 bits per heavy atom. The molecule has 0 radical (unpaired) electrons. The van der Waals surface area contributed by atoms with Crippen molar-refractivity contribution in [2.75, 3.05) is 6.26 Å². The number of hydrogen-bond donors (Lipinski definition) is 1. The average molecular weight is 247 g/mol. The summed E-state index contributed by atoms with van der Waals surface area (Å²) in [6, 6.07) is 0.0580. The van der Waals surface area contributed by atoms with Gasteiger partial charge in [-0.1, -0.05) is 5.16 Å². The molecule has 1 rings (SSSR count). The van der Waals surface area contributed by atoms with E-state index in [1.807, 2.05) is 6.92 Å². The van der Waals surface area contributed by atoms with E-state index in [9.17, 15) is 8.42 Å². The third-order valence-corrected chi connectivity index (χ3v) is 3.80. The van der Waals surface area contributed by atoms with Crippen LogP contribution in [0.5, 0.6) is 0 Å². The fourth-order valence-electron chi connectivity index (χ4n) is 1.08. The first kappa shape index (κ1) is 13.1. The fraction of sp³-hybridized carbons (Fsp3) is 0.778. The Morgan fingerprint density at radius 3 is 2.56 bits per heavy atom. The van der Waals surface area contributed by atoms with Crippen LogP contribution in [0.15, 0.2) is 4.52 Å². The molecular formula is C9H17N3O3S. The first-order chi connectivity index (χ1) is 7.30. The number of rotatable bonds is 5. The molecule has 0 aliphatic carbocycles. The number of aryl methyl sites for hydroxylation is 1. The Hall–Kier alpha value is -0.950. The van der Waals surface area contributed by atoms with E-state index in [0.29, 0.717) is 12.3 Å². The van der Waals surface area contributed by atoms with Crippen LogP contribution in [0.4, 0.5) is 0 Å². The molecule has 2 atom stereocenters. The lowest BCUT2D eigenvalue weighted by Crippen LogP contribution is -2.15. The predicted octanol–water partition coefficient (Wildman–Crippen LogP) is 0.455. The van der Waals surface area contributed by atoms with Gasteiger partial charge in [0, 0.05) is 18.7 Å². The topological polar surface area (TPSA) is 99.1 Å². The van der Waals surface area contributed by atoms with Crippen LogP contribution in [-0.2, 0) is 16.3 Å². The molecule has 0 spiro atoms. The zero-order chi connectivity index (χ0) is 12.3. The van der Waals surface area contributed by atoms with Crippen LogP contribution in [0.1, 0.15) is 37.2 Å². The predicted molar refractivity (Wildman–Crippen MR) is 59.5 cm³/mol. The summed E-state index contributed by atoms with van der Waals surface area (Å²) >= 11 is 0. The molecule has 1 aromatic heterocycles. The quantitative estimate of drug-likeness (QED) is 0.811. The molecule has 0 amide bonds. The van der Waals surface area contributed by atoms with Crippen molar-refractivity contribution in [3.63, 3.8) is 0 Å². The van der Waals surface area contributed by atoms with Gasteiger partial charge in [-0.3, -0.25) is 0 Å². The van der Waals surface area contributed by atoms with Crippen LogP contribution >= 0.6 is 0 Å². The zero-order valence-corrected chi connectivity index (χ0v) is 10.5. The molecule has 0 bridgehead atoms. The second kappa shape index (κ2) is 4.92. The minimum atomic E-state index is -3.18. The van der Waals surface area contributed by atoms with Crippen molar-refractivity contribution in [2.45, 2.75) is 38.0 Å². The van der Waals surface area contributed by atoms with E-state index < -0.39 is 15.1 Å². The van der Waals surface area contributed by atoms with Crippen LogP contribution in [0.25, 0.3) is 0 Å². The zero-order valence-electron chi connectivity index (χ0n) is 9.67. The second-order valence-corrected chi connectivity index (χ2v) is 6.40. The largest absolute Gasteiger partial charge is 0.339 e. The Bertz CT molecular complexity index is 439. The van der Waals surface area contributed by atoms with Crippen LogP contribution in [0, 0.1) is 0 Å². The summed E-state index contributed by atoms with van der Waals surface area (Å²) < 4.78 is 27.5. The van der Waals surface area contributed by atoms with E-state index in [0.717, 1.165) is 12.7 Å². The van der Waals surface area contributed by atoms with Gasteiger partial charge in [-0.2, -0.15) is 4.98 Å². The fourth-order valence-corrected chi connectivity index (χ4v) is 1.56. The highest BCUT2D eigenvalue weighted by Crippen LogP contribution is 2.17. The van der Waals surface area contributed by atoms with Gasteiger partial charge in [0.2, 0.25) is 5.89 Å². The number of aromatic nitrogens is 2. The summed E-state index contributed by atoms with van der Waals surface area (Å²) in [5.74, 6) is 0.643. The summed E-state index contributed by atoms with van der Waals surface area (Å²) in [6.07, 6.45) is 2.45. The van der Waals surface area contributed by atoms with Gasteiger partial charge in [-0.15, -0.1) is 0 Å². The minimum absolute atomic E-state index is 0.0580. The molecule has 6 nitrogen and oxygen atoms in total. The Labute approximate surface area is 95.1 Å². The van der Waals surface area contributed by atoms with Crippen molar-refractivity contribution < 1.29 is 12.9 Å². The maximum absolute atomic E-state index is 11.3. The highest BCUT2D eigenvalue weighted by Gasteiger charge is 2.22. The van der Waals surface area contributed by atoms with Crippen molar-refractivity contribution in [1.29, 1.82) is 0 Å². The molecule has 0 aromatic carbocycles. The summed E-state index contributed by atoms with van der Waals surface area (Å²) in [5, 5.41) is 2.92. The van der Waals surface area contributed by atoms with Gasteiger partial charge in [-0.05, 0) is 20.3 Å². The summed E-state index contributed by atoms with van der Waals surface area (Å²) in [5.41, 5.74) is 5.59. The van der Waals surface area contributed by atoms with E-state index in [2.05, 4.69) is 10.1 Å². The summed E-state index contributed by atoms with van der Waals surface area (Å²) in [6.45, 7) is 3.42. The van der Waals surface area contributed by atoms with Gasteiger partial charge in [0.1, 0.15) is 5.25 Å². The van der Waals surface area contributed by atoms with Crippen LogP contribution in [0.3, 0.4) is 0 Å². The van der Waals surface area contributed by atoms with Gasteiger partial charge < -0.3 is 10.3 Å². The van der Waals surface area contributed by atoms with E-state index in [-0.39, 0.29) is 11.9 Å². The normalized spacial score (nSPS) is 16.0. The number of nitrogens with zero attached hydrogens (tertiary/aromatic N) is 2. The van der Waals surface area contributed by atoms with Gasteiger partial charge in [-0.25, -0.2) is 8.42 Å². The minimum Gasteiger partial charge on any atom is -0.339 e. The standard InChI is InChI=1S/C9H17N3O3S/c1-6(10)4-5-8-11-9(12-15-8)7(2)16(3,13)14/h6-7H,4-5,10H2,1-3H3. The number of sulfone groups is 1. The van der Waals surface area contributed by atoms with Gasteiger partial charge in [0.15, 0.2) is 15.7 Å². The Kier molecular flexibility index (Phi) is 4.03. The Balaban J connectivity index is 2.72. The molecule has 2 N–H and O–H groups in total. The maximum Gasteiger partial charge on any atom is 0.226 e. The van der Waals surface area contributed by atoms with E-state index in [1.54, 1.807) is 0 Å². The Morgan fingerprint density at radius 1 is 1.44 bits per heavy atom. The lowest BCUT2D eigenvalue weighted by molar-refractivity contribution is 0.367. The molecule has 0 aliphatic heterocycles. The average Bonchev–Trinajstić information content (AvgIpc) is 2.60. The lowest BCUT2D eigenvalue weighted by atomic mass is 10.2. The summed E-state index contributed by atoms with van der Waals surface area (Å²) in [4.78, 5) is 4.04. The third kappa shape index (κ3) is 3.57. The van der Waals surface area contributed by atoms with Gasteiger partial charge in [0.25, 0.3) is 0 Å². The molecule has 0 saturated carbocycles. The summed E-state index contributed by atoms with van der Waals surface area (Å²) in [7, 11) is -3.18. The monoisotopic (exact) mass is 247 g/mol. The van der Waals surface area contributed by atoms with Crippen LogP contribution in [-0.4, -0.2) is 30.9 Å². The SMILES string of the molecule is CC(N)CCc1nc(C(C)S(C)(=O)=O)no1. The van der Waals surface area contributed by atoms with Gasteiger partial charge in [0.05, 0.1) is 0 Å². The molecule has 1 aromatic rings. The molecule has 7 heteroatoms. The number of nitrogens with two attached hydrogens (primary N) is 1. The first-order valence-electron chi connectivity index (χ1n) is 5.07. The van der Waals surface area contributed by atoms with Crippen molar-refractivity contribution >= 4 is 9.84 Å². The second-order valence-electron chi connectivity index (χ2n) is 4.03. The molecule has 0 saturated heterocycles. The smallest absolute Gasteiger partial charge is 0.226 e. The molecule has 1 heterocycles. The lowest BCUT2D eigenvalue weighted by Gasteiger charge is -2.02. The highest BCUT2D eigenvalue weighted by atomic mass is 32.2. The van der Waals surface area contributed by atoms with Crippen molar-refractivity contribution in [2.24, 2.45) is 5.73 Å². The first-order valence-corrected chi connectivity index (χ1v) is 7.03. The van der Waals surface area contributed by atoms with E-state index in [1.165, 1.54) is 6.92 Å². The van der Waals surface area contributed by atoms with Gasteiger partial charge >= 0.3 is 0 Å². The van der Waals surface area contributed by atoms with E-state index >= 15 is 0 Å². The van der Waals surface area contributed by atoms with E-state index in [4.69, 9.17) is 10.3 Å². The molecule has 0 fully saturated rings. The molecule has 2 unspecified atom stereocenters. The third-order valence-electron chi connectivity index (χ3n) is 2.30. The van der Waals surface area contributed by atoms with Crippen molar-refractivity contribution in [3.8, 4) is 0 Å². The molecule has 0 aliphatic rings. The van der Waals surface area contributed by atoms with Crippen molar-refractivity contribution in [3.05, 3.63) is 11.7 Å². The molecule has 92 valence electrons. The van der Waals surface area contributed by atoms with Crippen LogP contribution in [0.2, 0.25) is 0 Å². The number of hydrogen-bond acceptors (Lipinski definition) is 6. The maximum atomic E-state index is 11.3. The molecular weight excluding hydrogens is 230 g/mol. The molecule has 16 heavy (non-hydrogen) atoms.